The Hall–Kier alpha value is -4.78. The number of hydrogen-bond donors (Lipinski definition) is 1. The lowest BCUT2D eigenvalue weighted by atomic mass is 10.2. The number of benzene rings is 4. The first-order valence-corrected chi connectivity index (χ1v) is 11.7. The fraction of sp³-hybridized carbons (Fsp3) is 0.133. The van der Waals surface area contributed by atoms with Crippen molar-refractivity contribution >= 4 is 12.1 Å². The van der Waals surface area contributed by atoms with E-state index in [1.807, 2.05) is 60.7 Å². The summed E-state index contributed by atoms with van der Waals surface area (Å²) < 4.78 is 22.9. The first-order valence-electron chi connectivity index (χ1n) is 11.7. The summed E-state index contributed by atoms with van der Waals surface area (Å²) in [6.45, 7) is 0.766. The molecule has 1 amide bonds. The number of hydrazone groups is 1. The normalized spacial score (nSPS) is 10.6. The lowest BCUT2D eigenvalue weighted by Gasteiger charge is -2.14. The molecular formula is C30H28N2O5. The zero-order chi connectivity index (χ0) is 25.9. The van der Waals surface area contributed by atoms with Gasteiger partial charge in [-0.3, -0.25) is 4.79 Å². The van der Waals surface area contributed by atoms with Crippen molar-refractivity contribution in [2.75, 3.05) is 14.2 Å². The van der Waals surface area contributed by atoms with E-state index in [2.05, 4.69) is 10.5 Å². The van der Waals surface area contributed by atoms with Crippen molar-refractivity contribution in [1.82, 2.24) is 5.43 Å². The molecule has 4 aromatic carbocycles. The molecule has 1 N–H and O–H groups in total. The maximum Gasteiger partial charge on any atom is 0.271 e. The van der Waals surface area contributed by atoms with Crippen LogP contribution in [0.15, 0.2) is 102 Å². The molecule has 4 rings (SSSR count). The average Bonchev–Trinajstić information content (AvgIpc) is 2.96. The molecule has 0 saturated heterocycles. The van der Waals surface area contributed by atoms with Crippen LogP contribution in [0.5, 0.6) is 23.0 Å². The minimum absolute atomic E-state index is 0.282. The van der Waals surface area contributed by atoms with Gasteiger partial charge >= 0.3 is 0 Å². The van der Waals surface area contributed by atoms with Gasteiger partial charge < -0.3 is 18.9 Å². The highest BCUT2D eigenvalue weighted by Gasteiger charge is 2.10. The minimum atomic E-state index is -0.282. The van der Waals surface area contributed by atoms with Crippen molar-refractivity contribution in [3.63, 3.8) is 0 Å². The Bertz CT molecular complexity index is 1340. The molecular weight excluding hydrogens is 468 g/mol. The van der Waals surface area contributed by atoms with Gasteiger partial charge in [-0.1, -0.05) is 54.6 Å². The van der Waals surface area contributed by atoms with Gasteiger partial charge in [0.15, 0.2) is 23.0 Å². The predicted molar refractivity (Wildman–Crippen MR) is 143 cm³/mol. The SMILES string of the molecule is COc1cc(/C=N/NC(=O)c2ccccc2)ccc1OCc1ccc(OCc2ccccc2)c(OC)c1. The molecule has 7 nitrogen and oxygen atoms in total. The molecule has 188 valence electrons. The molecule has 0 unspecified atom stereocenters. The van der Waals surface area contributed by atoms with E-state index < -0.39 is 0 Å². The molecule has 4 aromatic rings. The zero-order valence-corrected chi connectivity index (χ0v) is 20.7. The van der Waals surface area contributed by atoms with Gasteiger partial charge in [0.2, 0.25) is 0 Å². The molecule has 0 aliphatic heterocycles. The van der Waals surface area contributed by atoms with Gasteiger partial charge in [-0.2, -0.15) is 5.10 Å². The smallest absolute Gasteiger partial charge is 0.271 e. The van der Waals surface area contributed by atoms with Crippen molar-refractivity contribution < 1.29 is 23.7 Å². The summed E-state index contributed by atoms with van der Waals surface area (Å²) in [5.41, 5.74) is 5.80. The summed E-state index contributed by atoms with van der Waals surface area (Å²) >= 11 is 0. The molecule has 0 fully saturated rings. The fourth-order valence-corrected chi connectivity index (χ4v) is 3.52. The molecule has 0 aromatic heterocycles. The monoisotopic (exact) mass is 496 g/mol. The van der Waals surface area contributed by atoms with E-state index in [9.17, 15) is 4.79 Å². The maximum atomic E-state index is 12.1. The van der Waals surface area contributed by atoms with E-state index in [0.29, 0.717) is 41.8 Å². The number of carbonyl (C=O) groups excluding carboxylic acids is 1. The Morgan fingerprint density at radius 3 is 1.97 bits per heavy atom. The largest absolute Gasteiger partial charge is 0.493 e. The first-order chi connectivity index (χ1) is 18.2. The standard InChI is InChI=1S/C30H28N2O5/c1-34-28-17-23(19-31-32-30(33)25-11-7-4-8-12-25)13-15-26(28)37-21-24-14-16-27(29(18-24)35-2)36-20-22-9-5-3-6-10-22/h3-19H,20-21H2,1-2H3,(H,32,33)/b31-19+. The third kappa shape index (κ3) is 7.11. The highest BCUT2D eigenvalue weighted by Crippen LogP contribution is 2.31. The van der Waals surface area contributed by atoms with Crippen molar-refractivity contribution in [2.24, 2.45) is 5.10 Å². The second-order valence-electron chi connectivity index (χ2n) is 8.02. The van der Waals surface area contributed by atoms with Crippen LogP contribution in [0, 0.1) is 0 Å². The number of nitrogens with one attached hydrogen (secondary N) is 1. The Kier molecular flexibility index (Phi) is 8.75. The Morgan fingerprint density at radius 1 is 0.703 bits per heavy atom. The van der Waals surface area contributed by atoms with E-state index in [-0.39, 0.29) is 5.91 Å². The van der Waals surface area contributed by atoms with Gasteiger partial charge in [-0.25, -0.2) is 5.43 Å². The molecule has 0 bridgehead atoms. The Balaban J connectivity index is 1.35. The highest BCUT2D eigenvalue weighted by molar-refractivity contribution is 5.94. The van der Waals surface area contributed by atoms with Crippen LogP contribution < -0.4 is 24.4 Å². The van der Waals surface area contributed by atoms with Crippen LogP contribution in [-0.2, 0) is 13.2 Å². The van der Waals surface area contributed by atoms with Gasteiger partial charge in [0.1, 0.15) is 13.2 Å². The van der Waals surface area contributed by atoms with Gasteiger partial charge in [-0.05, 0) is 59.2 Å². The third-order valence-corrected chi connectivity index (χ3v) is 5.46. The van der Waals surface area contributed by atoms with Crippen molar-refractivity contribution in [3.05, 3.63) is 119 Å². The van der Waals surface area contributed by atoms with Gasteiger partial charge in [-0.15, -0.1) is 0 Å². The number of ether oxygens (including phenoxy) is 4. The molecule has 0 aliphatic rings. The highest BCUT2D eigenvalue weighted by atomic mass is 16.5. The Labute approximate surface area is 216 Å². The maximum absolute atomic E-state index is 12.1. The van der Waals surface area contributed by atoms with Crippen molar-refractivity contribution in [3.8, 4) is 23.0 Å². The quantitative estimate of drug-likeness (QED) is 0.215. The number of amides is 1. The van der Waals surface area contributed by atoms with Crippen LogP contribution >= 0.6 is 0 Å². The summed E-state index contributed by atoms with van der Waals surface area (Å²) in [4.78, 5) is 12.1. The minimum Gasteiger partial charge on any atom is -0.493 e. The topological polar surface area (TPSA) is 78.4 Å². The summed E-state index contributed by atoms with van der Waals surface area (Å²) in [6.07, 6.45) is 1.55. The van der Waals surface area contributed by atoms with Crippen LogP contribution in [-0.4, -0.2) is 26.3 Å². The number of rotatable bonds is 11. The number of nitrogens with zero attached hydrogens (tertiary/aromatic N) is 1. The number of methoxy groups -OCH3 is 2. The summed E-state index contributed by atoms with van der Waals surface area (Å²) in [7, 11) is 3.18. The zero-order valence-electron chi connectivity index (χ0n) is 20.7. The van der Waals surface area contributed by atoms with Crippen LogP contribution in [0.1, 0.15) is 27.0 Å². The third-order valence-electron chi connectivity index (χ3n) is 5.46. The molecule has 0 heterocycles. The fourth-order valence-electron chi connectivity index (χ4n) is 3.52. The average molecular weight is 497 g/mol. The first kappa shape index (κ1) is 25.3. The number of hydrogen-bond acceptors (Lipinski definition) is 6. The van der Waals surface area contributed by atoms with Crippen LogP contribution in [0.3, 0.4) is 0 Å². The van der Waals surface area contributed by atoms with Crippen LogP contribution in [0.4, 0.5) is 0 Å². The van der Waals surface area contributed by atoms with Gasteiger partial charge in [0.25, 0.3) is 5.91 Å². The molecule has 7 heteroatoms. The van der Waals surface area contributed by atoms with E-state index in [0.717, 1.165) is 16.7 Å². The van der Waals surface area contributed by atoms with Crippen molar-refractivity contribution in [1.29, 1.82) is 0 Å². The second kappa shape index (κ2) is 12.8. The van der Waals surface area contributed by atoms with Crippen LogP contribution in [0.25, 0.3) is 0 Å². The predicted octanol–water partition coefficient (Wildman–Crippen LogP) is 5.63. The van der Waals surface area contributed by atoms with E-state index in [1.54, 1.807) is 56.8 Å². The van der Waals surface area contributed by atoms with E-state index in [1.165, 1.54) is 0 Å². The molecule has 0 aliphatic carbocycles. The summed E-state index contributed by atoms with van der Waals surface area (Å²) in [6, 6.07) is 30.0. The molecule has 0 spiro atoms. The van der Waals surface area contributed by atoms with E-state index >= 15 is 0 Å². The van der Waals surface area contributed by atoms with Gasteiger partial charge in [0.05, 0.1) is 20.4 Å². The molecule has 37 heavy (non-hydrogen) atoms. The molecule has 0 saturated carbocycles. The van der Waals surface area contributed by atoms with Crippen molar-refractivity contribution in [2.45, 2.75) is 13.2 Å². The van der Waals surface area contributed by atoms with E-state index in [4.69, 9.17) is 18.9 Å². The lowest BCUT2D eigenvalue weighted by Crippen LogP contribution is -2.17. The summed E-state index contributed by atoms with van der Waals surface area (Å²) in [5, 5.41) is 4.03. The van der Waals surface area contributed by atoms with Gasteiger partial charge in [0, 0.05) is 5.56 Å². The Morgan fingerprint density at radius 2 is 1.30 bits per heavy atom. The number of carbonyl (C=O) groups is 1. The molecule has 0 atom stereocenters. The van der Waals surface area contributed by atoms with Crippen LogP contribution in [0.2, 0.25) is 0 Å². The second-order valence-corrected chi connectivity index (χ2v) is 8.02. The molecule has 0 radical (unpaired) electrons. The summed E-state index contributed by atoms with van der Waals surface area (Å²) in [5.74, 6) is 2.14. The lowest BCUT2D eigenvalue weighted by molar-refractivity contribution is 0.0955.